The quantitative estimate of drug-likeness (QED) is 0.0877. The van der Waals surface area contributed by atoms with Crippen LogP contribution in [0.1, 0.15) is 65.2 Å². The Morgan fingerprint density at radius 3 is 1.91 bits per heavy atom. The van der Waals surface area contributed by atoms with Gasteiger partial charge in [-0.1, -0.05) is 46.0 Å². The number of esters is 2. The first-order valence-electron chi connectivity index (χ1n) is 11.8. The fourth-order valence-electron chi connectivity index (χ4n) is 3.38. The zero-order chi connectivity index (χ0) is 26.6. The number of unbranched alkanes of at least 4 members (excludes halogenated alkanes) is 5. The van der Waals surface area contributed by atoms with Crippen LogP contribution in [0.2, 0.25) is 0 Å². The van der Waals surface area contributed by atoms with Crippen molar-refractivity contribution in [3.63, 3.8) is 0 Å². The number of aliphatic hydroxyl groups is 5. The van der Waals surface area contributed by atoms with Gasteiger partial charge in [0.15, 0.2) is 6.10 Å². The topological polar surface area (TPSA) is 210 Å². The summed E-state index contributed by atoms with van der Waals surface area (Å²) in [6, 6.07) is 0. The van der Waals surface area contributed by atoms with E-state index >= 15 is 0 Å². The van der Waals surface area contributed by atoms with Crippen LogP contribution in [0.3, 0.4) is 0 Å². The minimum atomic E-state index is -5.05. The van der Waals surface area contributed by atoms with Gasteiger partial charge in [-0.25, -0.2) is 4.57 Å². The minimum Gasteiger partial charge on any atom is -0.462 e. The lowest BCUT2D eigenvalue weighted by Gasteiger charge is -2.41. The van der Waals surface area contributed by atoms with Crippen molar-refractivity contribution in [2.24, 2.45) is 0 Å². The van der Waals surface area contributed by atoms with Crippen LogP contribution in [0.25, 0.3) is 0 Å². The first-order valence-corrected chi connectivity index (χ1v) is 13.3. The molecule has 0 saturated heterocycles. The smallest absolute Gasteiger partial charge is 0.462 e. The third-order valence-corrected chi connectivity index (χ3v) is 6.49. The van der Waals surface area contributed by atoms with E-state index in [0.717, 1.165) is 32.1 Å². The lowest BCUT2D eigenvalue weighted by atomic mass is 9.85. The van der Waals surface area contributed by atoms with E-state index in [-0.39, 0.29) is 12.8 Å². The van der Waals surface area contributed by atoms with E-state index in [0.29, 0.717) is 6.42 Å². The zero-order valence-corrected chi connectivity index (χ0v) is 21.0. The lowest BCUT2D eigenvalue weighted by Crippen LogP contribution is -2.64. The molecule has 1 rings (SSSR count). The van der Waals surface area contributed by atoms with Crippen LogP contribution in [0, 0.1) is 0 Å². The van der Waals surface area contributed by atoms with E-state index in [9.17, 15) is 44.6 Å². The van der Waals surface area contributed by atoms with Gasteiger partial charge in [-0.2, -0.15) is 0 Å². The van der Waals surface area contributed by atoms with E-state index in [2.05, 4.69) is 6.92 Å². The average Bonchev–Trinajstić information content (AvgIpc) is 2.82. The zero-order valence-electron chi connectivity index (χ0n) is 20.1. The second-order valence-electron chi connectivity index (χ2n) is 8.45. The van der Waals surface area contributed by atoms with Crippen LogP contribution in [-0.2, 0) is 32.7 Å². The van der Waals surface area contributed by atoms with Gasteiger partial charge in [-0.3, -0.25) is 18.6 Å². The van der Waals surface area contributed by atoms with Gasteiger partial charge in [0.1, 0.15) is 43.2 Å². The Labute approximate surface area is 204 Å². The summed E-state index contributed by atoms with van der Waals surface area (Å²) in [6.07, 6.45) is -7.31. The maximum absolute atomic E-state index is 12.4. The molecule has 6 atom stereocenters. The maximum atomic E-state index is 12.4. The molecule has 0 amide bonds. The van der Waals surface area contributed by atoms with Gasteiger partial charge >= 0.3 is 19.8 Å². The molecule has 0 heterocycles. The number of hydrogen-bond donors (Lipinski definition) is 6. The van der Waals surface area contributed by atoms with Crippen LogP contribution in [-0.4, -0.2) is 98.3 Å². The van der Waals surface area contributed by atoms with Gasteiger partial charge in [-0.05, 0) is 6.42 Å². The fourth-order valence-corrected chi connectivity index (χ4v) is 4.35. The normalized spacial score (nSPS) is 29.3. The van der Waals surface area contributed by atoms with Crippen molar-refractivity contribution in [1.29, 1.82) is 0 Å². The lowest BCUT2D eigenvalue weighted by molar-refractivity contribution is -0.220. The molecular formula is C21H39O13P. The van der Waals surface area contributed by atoms with Gasteiger partial charge in [-0.15, -0.1) is 0 Å². The SMILES string of the molecule is CCCCCCCCC(=O)OC(COC(=O)CC)COP(=O)(O)OC1C(O)C(O)C(O)C(O)C1O. The standard InChI is InChI=1S/C21H39O13P/c1-3-5-6-7-8-9-10-15(23)33-13(11-31-14(22)4-2)12-32-35(29,30)34-21-19(27)17(25)16(24)18(26)20(21)28/h13,16-21,24-28H,3-12H2,1-2H3,(H,29,30). The highest BCUT2D eigenvalue weighted by Gasteiger charge is 2.51. The average molecular weight is 531 g/mol. The van der Waals surface area contributed by atoms with Crippen LogP contribution < -0.4 is 0 Å². The van der Waals surface area contributed by atoms with Gasteiger partial charge < -0.3 is 39.9 Å². The highest BCUT2D eigenvalue weighted by molar-refractivity contribution is 7.47. The van der Waals surface area contributed by atoms with Gasteiger partial charge in [0.2, 0.25) is 0 Å². The number of rotatable bonds is 16. The molecule has 0 aliphatic heterocycles. The van der Waals surface area contributed by atoms with E-state index in [1.54, 1.807) is 6.92 Å². The maximum Gasteiger partial charge on any atom is 0.472 e. The summed E-state index contributed by atoms with van der Waals surface area (Å²) in [5.74, 6) is -1.21. The molecule has 13 nitrogen and oxygen atoms in total. The van der Waals surface area contributed by atoms with Gasteiger partial charge in [0.05, 0.1) is 6.61 Å². The third-order valence-electron chi connectivity index (χ3n) is 5.50. The summed E-state index contributed by atoms with van der Waals surface area (Å²) in [7, 11) is -5.05. The number of ether oxygens (including phenoxy) is 2. The van der Waals surface area contributed by atoms with Gasteiger partial charge in [0.25, 0.3) is 0 Å². The molecule has 0 aromatic carbocycles. The predicted molar refractivity (Wildman–Crippen MR) is 120 cm³/mol. The monoisotopic (exact) mass is 530 g/mol. The molecule has 0 radical (unpaired) electrons. The Bertz CT molecular complexity index is 674. The predicted octanol–water partition coefficient (Wildman–Crippen LogP) is -0.0777. The van der Waals surface area contributed by atoms with Crippen LogP contribution >= 0.6 is 7.82 Å². The van der Waals surface area contributed by atoms with E-state index < -0.39 is 75.7 Å². The molecule has 0 spiro atoms. The van der Waals surface area contributed by atoms with Crippen LogP contribution in [0.4, 0.5) is 0 Å². The number of phosphoric acid groups is 1. The summed E-state index contributed by atoms with van der Waals surface area (Å²) in [5.41, 5.74) is 0. The molecule has 35 heavy (non-hydrogen) atoms. The number of aliphatic hydroxyl groups excluding tert-OH is 5. The molecule has 1 aliphatic carbocycles. The second-order valence-corrected chi connectivity index (χ2v) is 9.86. The molecule has 0 aromatic heterocycles. The second kappa shape index (κ2) is 15.9. The number of hydrogen-bond acceptors (Lipinski definition) is 12. The first kappa shape index (κ1) is 31.9. The molecule has 0 bridgehead atoms. The molecule has 6 N–H and O–H groups in total. The van der Waals surface area contributed by atoms with Crippen LogP contribution in [0.5, 0.6) is 0 Å². The molecule has 6 unspecified atom stereocenters. The van der Waals surface area contributed by atoms with E-state index in [1.807, 2.05) is 0 Å². The number of carbonyl (C=O) groups excluding carboxylic acids is 2. The molecule has 1 aliphatic rings. The van der Waals surface area contributed by atoms with Crippen molar-refractivity contribution in [1.82, 2.24) is 0 Å². The Balaban J connectivity index is 2.67. The van der Waals surface area contributed by atoms with Crippen molar-refractivity contribution in [3.8, 4) is 0 Å². The van der Waals surface area contributed by atoms with Crippen LogP contribution in [0.15, 0.2) is 0 Å². The molecule has 1 fully saturated rings. The number of carbonyl (C=O) groups is 2. The third kappa shape index (κ3) is 11.2. The summed E-state index contributed by atoms with van der Waals surface area (Å²) < 4.78 is 32.0. The Morgan fingerprint density at radius 1 is 0.800 bits per heavy atom. The molecule has 206 valence electrons. The fraction of sp³-hybridized carbons (Fsp3) is 0.905. The highest BCUT2D eigenvalue weighted by atomic mass is 31.2. The van der Waals surface area contributed by atoms with Gasteiger partial charge in [0, 0.05) is 12.8 Å². The molecule has 0 aromatic rings. The highest BCUT2D eigenvalue weighted by Crippen LogP contribution is 2.47. The summed E-state index contributed by atoms with van der Waals surface area (Å²) >= 11 is 0. The summed E-state index contributed by atoms with van der Waals surface area (Å²) in [4.78, 5) is 33.6. The molecule has 14 heteroatoms. The Kier molecular flexibility index (Phi) is 14.4. The Hall–Kier alpha value is -1.15. The van der Waals surface area contributed by atoms with Crippen molar-refractivity contribution in [2.45, 2.75) is 108 Å². The van der Waals surface area contributed by atoms with Crippen molar-refractivity contribution in [2.75, 3.05) is 13.2 Å². The summed E-state index contributed by atoms with van der Waals surface area (Å²) in [6.45, 7) is 2.46. The van der Waals surface area contributed by atoms with E-state index in [1.165, 1.54) is 0 Å². The van der Waals surface area contributed by atoms with E-state index in [4.69, 9.17) is 18.5 Å². The minimum absolute atomic E-state index is 0.0504. The first-order chi connectivity index (χ1) is 16.4. The van der Waals surface area contributed by atoms with Crippen molar-refractivity contribution < 1.29 is 63.1 Å². The van der Waals surface area contributed by atoms with Crippen molar-refractivity contribution >= 4 is 19.8 Å². The number of phosphoric ester groups is 1. The molecule has 1 saturated carbocycles. The summed E-state index contributed by atoms with van der Waals surface area (Å²) in [5, 5.41) is 48.9. The van der Waals surface area contributed by atoms with Crippen molar-refractivity contribution in [3.05, 3.63) is 0 Å². The molecular weight excluding hydrogens is 491 g/mol. The Morgan fingerprint density at radius 2 is 1.34 bits per heavy atom. The largest absolute Gasteiger partial charge is 0.472 e.